The van der Waals surface area contributed by atoms with Gasteiger partial charge in [0.05, 0.1) is 6.54 Å². The summed E-state index contributed by atoms with van der Waals surface area (Å²) < 4.78 is 0. The van der Waals surface area contributed by atoms with E-state index < -0.39 is 0 Å². The highest BCUT2D eigenvalue weighted by atomic mass is 32.2. The molecule has 126 valence electrons. The maximum atomic E-state index is 11.5. The van der Waals surface area contributed by atoms with Crippen LogP contribution in [0.5, 0.6) is 0 Å². The van der Waals surface area contributed by atoms with E-state index >= 15 is 0 Å². The molecule has 0 aliphatic carbocycles. The van der Waals surface area contributed by atoms with Crippen molar-refractivity contribution in [3.8, 4) is 0 Å². The van der Waals surface area contributed by atoms with Crippen molar-refractivity contribution < 1.29 is 4.79 Å². The van der Waals surface area contributed by atoms with Gasteiger partial charge in [0.15, 0.2) is 0 Å². The number of thioether (sulfide) groups is 1. The number of nitrogens with one attached hydrogen (secondary N) is 2. The number of benzene rings is 1. The summed E-state index contributed by atoms with van der Waals surface area (Å²) in [6.07, 6.45) is 4.75. The van der Waals surface area contributed by atoms with Gasteiger partial charge in [-0.1, -0.05) is 18.2 Å². The molecule has 1 amide bonds. The van der Waals surface area contributed by atoms with Crippen LogP contribution >= 0.6 is 11.8 Å². The zero-order chi connectivity index (χ0) is 16.1. The van der Waals surface area contributed by atoms with Gasteiger partial charge in [0.25, 0.3) is 0 Å². The van der Waals surface area contributed by atoms with E-state index in [1.54, 1.807) is 7.05 Å². The summed E-state index contributed by atoms with van der Waals surface area (Å²) in [5.41, 5.74) is 1.47. The van der Waals surface area contributed by atoms with Gasteiger partial charge in [-0.15, -0.1) is 11.8 Å². The smallest absolute Gasteiger partial charge is 0.233 e. The molecule has 3 rings (SSSR count). The Labute approximate surface area is 143 Å². The second-order valence-corrected chi connectivity index (χ2v) is 7.61. The predicted octanol–water partition coefficient (Wildman–Crippen LogP) is 2.41. The van der Waals surface area contributed by atoms with Crippen molar-refractivity contribution in [2.24, 2.45) is 0 Å². The van der Waals surface area contributed by atoms with Gasteiger partial charge in [-0.2, -0.15) is 0 Å². The molecule has 1 aromatic carbocycles. The van der Waals surface area contributed by atoms with Crippen LogP contribution in [0.15, 0.2) is 29.2 Å². The molecule has 1 aromatic rings. The van der Waals surface area contributed by atoms with E-state index in [4.69, 9.17) is 0 Å². The van der Waals surface area contributed by atoms with Crippen molar-refractivity contribution in [1.82, 2.24) is 15.5 Å². The van der Waals surface area contributed by atoms with E-state index in [-0.39, 0.29) is 5.91 Å². The van der Waals surface area contributed by atoms with Crippen LogP contribution in [0.2, 0.25) is 0 Å². The minimum Gasteiger partial charge on any atom is -0.358 e. The number of piperidine rings is 1. The molecule has 2 aliphatic heterocycles. The normalized spacial score (nSPS) is 23.1. The van der Waals surface area contributed by atoms with E-state index in [9.17, 15) is 4.79 Å². The summed E-state index contributed by atoms with van der Waals surface area (Å²) >= 11 is 1.99. The Kier molecular flexibility index (Phi) is 5.97. The lowest BCUT2D eigenvalue weighted by molar-refractivity contribution is -0.122. The van der Waals surface area contributed by atoms with E-state index in [1.165, 1.54) is 29.1 Å². The molecule has 1 saturated heterocycles. The third-order valence-electron chi connectivity index (χ3n) is 4.86. The maximum Gasteiger partial charge on any atom is 0.233 e. The van der Waals surface area contributed by atoms with Gasteiger partial charge in [0.2, 0.25) is 5.91 Å². The second kappa shape index (κ2) is 8.18. The van der Waals surface area contributed by atoms with Gasteiger partial charge in [-0.25, -0.2) is 0 Å². The Balaban J connectivity index is 1.55. The van der Waals surface area contributed by atoms with Crippen LogP contribution in [0.4, 0.5) is 0 Å². The fourth-order valence-corrected chi connectivity index (χ4v) is 4.61. The lowest BCUT2D eigenvalue weighted by atomic mass is 9.98. The van der Waals surface area contributed by atoms with E-state index in [2.05, 4.69) is 39.8 Å². The molecule has 0 aromatic heterocycles. The molecule has 0 radical (unpaired) electrons. The van der Waals surface area contributed by atoms with Gasteiger partial charge >= 0.3 is 0 Å². The predicted molar refractivity (Wildman–Crippen MR) is 95.8 cm³/mol. The van der Waals surface area contributed by atoms with Crippen LogP contribution in [-0.4, -0.2) is 49.3 Å². The number of carbonyl (C=O) groups is 1. The summed E-state index contributed by atoms with van der Waals surface area (Å²) in [5, 5.41) is 6.61. The standard InChI is InChI=1S/C18H27N3OS/c1-19-18(22)13-21-10-8-14(9-11-21)20-16-6-4-12-23-17-7-3-2-5-15(16)17/h2-3,5,7,14,16,20H,4,6,8-13H2,1H3,(H,19,22). The lowest BCUT2D eigenvalue weighted by Crippen LogP contribution is -2.46. The van der Waals surface area contributed by atoms with E-state index in [0.717, 1.165) is 25.9 Å². The van der Waals surface area contributed by atoms with Crippen molar-refractivity contribution in [3.63, 3.8) is 0 Å². The first kappa shape index (κ1) is 16.8. The molecule has 2 heterocycles. The highest BCUT2D eigenvalue weighted by Crippen LogP contribution is 2.35. The molecule has 5 heteroatoms. The SMILES string of the molecule is CNC(=O)CN1CCC(NC2CCCSc3ccccc32)CC1. The fraction of sp³-hybridized carbons (Fsp3) is 0.611. The molecule has 2 N–H and O–H groups in total. The second-order valence-electron chi connectivity index (χ2n) is 6.47. The Morgan fingerprint density at radius 3 is 2.83 bits per heavy atom. The number of likely N-dealkylation sites (N-methyl/N-ethyl adjacent to an activating group) is 1. The molecular formula is C18H27N3OS. The number of fused-ring (bicyclic) bond motifs is 1. The zero-order valence-corrected chi connectivity index (χ0v) is 14.7. The molecule has 1 unspecified atom stereocenters. The minimum atomic E-state index is 0.117. The summed E-state index contributed by atoms with van der Waals surface area (Å²) in [5.74, 6) is 1.34. The molecule has 0 bridgehead atoms. The maximum absolute atomic E-state index is 11.5. The van der Waals surface area contributed by atoms with E-state index in [1.807, 2.05) is 11.8 Å². The first-order chi connectivity index (χ1) is 11.3. The fourth-order valence-electron chi connectivity index (χ4n) is 3.52. The first-order valence-electron chi connectivity index (χ1n) is 8.67. The number of amides is 1. The van der Waals surface area contributed by atoms with Crippen molar-refractivity contribution >= 4 is 17.7 Å². The molecule has 23 heavy (non-hydrogen) atoms. The molecule has 0 saturated carbocycles. The summed E-state index contributed by atoms with van der Waals surface area (Å²) in [6, 6.07) is 9.89. The largest absolute Gasteiger partial charge is 0.358 e. The Morgan fingerprint density at radius 1 is 1.26 bits per heavy atom. The Morgan fingerprint density at radius 2 is 2.04 bits per heavy atom. The summed E-state index contributed by atoms with van der Waals surface area (Å²) in [7, 11) is 1.71. The van der Waals surface area contributed by atoms with Gasteiger partial charge in [0.1, 0.15) is 0 Å². The third kappa shape index (κ3) is 4.49. The van der Waals surface area contributed by atoms with Crippen LogP contribution in [0.3, 0.4) is 0 Å². The van der Waals surface area contributed by atoms with Crippen LogP contribution < -0.4 is 10.6 Å². The molecule has 2 aliphatic rings. The van der Waals surface area contributed by atoms with Crippen molar-refractivity contribution in [2.45, 2.75) is 42.7 Å². The third-order valence-corrected chi connectivity index (χ3v) is 6.04. The molecule has 0 spiro atoms. The van der Waals surface area contributed by atoms with Crippen molar-refractivity contribution in [1.29, 1.82) is 0 Å². The van der Waals surface area contributed by atoms with Crippen LogP contribution in [0, 0.1) is 0 Å². The number of hydrogen-bond donors (Lipinski definition) is 2. The number of hydrogen-bond acceptors (Lipinski definition) is 4. The zero-order valence-electron chi connectivity index (χ0n) is 13.9. The quantitative estimate of drug-likeness (QED) is 0.888. The van der Waals surface area contributed by atoms with E-state index in [0.29, 0.717) is 18.6 Å². The van der Waals surface area contributed by atoms with Gasteiger partial charge in [-0.3, -0.25) is 9.69 Å². The van der Waals surface area contributed by atoms with Crippen molar-refractivity contribution in [3.05, 3.63) is 29.8 Å². The highest BCUT2D eigenvalue weighted by molar-refractivity contribution is 7.99. The van der Waals surface area contributed by atoms with Crippen LogP contribution in [0.1, 0.15) is 37.3 Å². The summed E-state index contributed by atoms with van der Waals surface area (Å²) in [4.78, 5) is 15.2. The Hall–Kier alpha value is -1.04. The van der Waals surface area contributed by atoms with Gasteiger partial charge in [-0.05, 0) is 43.1 Å². The average Bonchev–Trinajstić information content (AvgIpc) is 2.79. The number of carbonyl (C=O) groups excluding carboxylic acids is 1. The van der Waals surface area contributed by atoms with Crippen LogP contribution in [0.25, 0.3) is 0 Å². The van der Waals surface area contributed by atoms with Gasteiger partial charge in [0, 0.05) is 37.1 Å². The van der Waals surface area contributed by atoms with Gasteiger partial charge < -0.3 is 10.6 Å². The number of likely N-dealkylation sites (tertiary alicyclic amines) is 1. The van der Waals surface area contributed by atoms with Crippen molar-refractivity contribution in [2.75, 3.05) is 32.4 Å². The Bertz CT molecular complexity index is 529. The first-order valence-corrected chi connectivity index (χ1v) is 9.65. The topological polar surface area (TPSA) is 44.4 Å². The lowest BCUT2D eigenvalue weighted by Gasteiger charge is -2.34. The van der Waals surface area contributed by atoms with Crippen LogP contribution in [-0.2, 0) is 4.79 Å². The molecule has 1 fully saturated rings. The number of nitrogens with zero attached hydrogens (tertiary/aromatic N) is 1. The average molecular weight is 334 g/mol. The molecule has 4 nitrogen and oxygen atoms in total. The minimum absolute atomic E-state index is 0.117. The molecular weight excluding hydrogens is 306 g/mol. The highest BCUT2D eigenvalue weighted by Gasteiger charge is 2.25. The molecule has 1 atom stereocenters. The number of rotatable bonds is 4. The monoisotopic (exact) mass is 333 g/mol. The summed E-state index contributed by atoms with van der Waals surface area (Å²) in [6.45, 7) is 2.55.